The quantitative estimate of drug-likeness (QED) is 0.879. The van der Waals surface area contributed by atoms with Crippen molar-refractivity contribution in [1.82, 2.24) is 15.1 Å². The van der Waals surface area contributed by atoms with Gasteiger partial charge in [0.15, 0.2) is 5.69 Å². The van der Waals surface area contributed by atoms with Crippen molar-refractivity contribution in [1.29, 1.82) is 0 Å². The molecule has 0 atom stereocenters. The van der Waals surface area contributed by atoms with Gasteiger partial charge in [0.05, 0.1) is 0 Å². The minimum Gasteiger partial charge on any atom is -0.477 e. The van der Waals surface area contributed by atoms with E-state index in [0.717, 1.165) is 4.68 Å². The van der Waals surface area contributed by atoms with Gasteiger partial charge in [0.25, 0.3) is 5.91 Å². The van der Waals surface area contributed by atoms with Crippen LogP contribution in [0.1, 0.15) is 26.5 Å². The maximum Gasteiger partial charge on any atom is 0.354 e. The number of rotatable bonds is 4. The number of amides is 1. The van der Waals surface area contributed by atoms with Crippen LogP contribution in [0.5, 0.6) is 0 Å². The average molecular weight is 277 g/mol. The van der Waals surface area contributed by atoms with Crippen molar-refractivity contribution >= 4 is 11.9 Å². The second-order valence-electron chi connectivity index (χ2n) is 4.16. The summed E-state index contributed by atoms with van der Waals surface area (Å²) in [5.74, 6) is -2.07. The number of carboxylic acid groups (broad SMARTS) is 1. The smallest absolute Gasteiger partial charge is 0.354 e. The molecule has 6 nitrogen and oxygen atoms in total. The molecule has 0 saturated carbocycles. The number of hydrogen-bond acceptors (Lipinski definition) is 3. The van der Waals surface area contributed by atoms with Crippen LogP contribution in [0.2, 0.25) is 0 Å². The molecule has 0 saturated heterocycles. The van der Waals surface area contributed by atoms with Gasteiger partial charge in [0.2, 0.25) is 0 Å². The number of aromatic nitrogens is 2. The summed E-state index contributed by atoms with van der Waals surface area (Å²) in [5.41, 5.74) is 0.523. The van der Waals surface area contributed by atoms with Gasteiger partial charge in [-0.25, -0.2) is 9.18 Å². The standard InChI is InChI=1S/C13H12FN3O3/c1-17-11(13(19)20)6-10(16-17)12(18)15-7-8-3-2-4-9(14)5-8/h2-6H,7H2,1H3,(H,15,18)(H,19,20). The summed E-state index contributed by atoms with van der Waals surface area (Å²) < 4.78 is 14.1. The second-order valence-corrected chi connectivity index (χ2v) is 4.16. The third kappa shape index (κ3) is 3.00. The maximum absolute atomic E-state index is 13.0. The summed E-state index contributed by atoms with van der Waals surface area (Å²) in [6.07, 6.45) is 0. The fourth-order valence-corrected chi connectivity index (χ4v) is 1.70. The fraction of sp³-hybridized carbons (Fsp3) is 0.154. The van der Waals surface area contributed by atoms with Crippen LogP contribution >= 0.6 is 0 Å². The zero-order valence-electron chi connectivity index (χ0n) is 10.6. The van der Waals surface area contributed by atoms with Crippen molar-refractivity contribution in [3.8, 4) is 0 Å². The predicted molar refractivity (Wildman–Crippen MR) is 67.7 cm³/mol. The van der Waals surface area contributed by atoms with E-state index in [0.29, 0.717) is 5.56 Å². The lowest BCUT2D eigenvalue weighted by atomic mass is 10.2. The van der Waals surface area contributed by atoms with Gasteiger partial charge >= 0.3 is 5.97 Å². The lowest BCUT2D eigenvalue weighted by Crippen LogP contribution is -2.23. The van der Waals surface area contributed by atoms with Crippen LogP contribution in [0.15, 0.2) is 30.3 Å². The van der Waals surface area contributed by atoms with Crippen molar-refractivity contribution in [3.63, 3.8) is 0 Å². The fourth-order valence-electron chi connectivity index (χ4n) is 1.70. The van der Waals surface area contributed by atoms with Crippen LogP contribution in [-0.4, -0.2) is 26.8 Å². The van der Waals surface area contributed by atoms with Crippen LogP contribution in [-0.2, 0) is 13.6 Å². The molecule has 0 unspecified atom stereocenters. The number of carboxylic acids is 1. The van der Waals surface area contributed by atoms with E-state index in [1.54, 1.807) is 12.1 Å². The van der Waals surface area contributed by atoms with Gasteiger partial charge in [0.1, 0.15) is 11.5 Å². The SMILES string of the molecule is Cn1nc(C(=O)NCc2cccc(F)c2)cc1C(=O)O. The highest BCUT2D eigenvalue weighted by Crippen LogP contribution is 2.05. The van der Waals surface area contributed by atoms with Gasteiger partial charge in [0, 0.05) is 19.7 Å². The first kappa shape index (κ1) is 13.7. The number of aryl methyl sites for hydroxylation is 1. The van der Waals surface area contributed by atoms with E-state index in [9.17, 15) is 14.0 Å². The zero-order valence-corrected chi connectivity index (χ0v) is 10.6. The third-order valence-corrected chi connectivity index (χ3v) is 2.67. The Hall–Kier alpha value is -2.70. The van der Waals surface area contributed by atoms with Gasteiger partial charge in [-0.05, 0) is 17.7 Å². The molecule has 0 spiro atoms. The number of carbonyl (C=O) groups is 2. The number of halogens is 1. The highest BCUT2D eigenvalue weighted by Gasteiger charge is 2.16. The summed E-state index contributed by atoms with van der Waals surface area (Å²) in [4.78, 5) is 22.7. The van der Waals surface area contributed by atoms with Crippen LogP contribution in [0, 0.1) is 5.82 Å². The van der Waals surface area contributed by atoms with Crippen LogP contribution < -0.4 is 5.32 Å². The highest BCUT2D eigenvalue weighted by molar-refractivity contribution is 5.95. The molecule has 20 heavy (non-hydrogen) atoms. The molecule has 1 aromatic carbocycles. The molecule has 0 bridgehead atoms. The van der Waals surface area contributed by atoms with Crippen molar-refractivity contribution in [3.05, 3.63) is 53.1 Å². The third-order valence-electron chi connectivity index (χ3n) is 2.67. The first-order valence-electron chi connectivity index (χ1n) is 5.77. The molecule has 0 fully saturated rings. The van der Waals surface area contributed by atoms with E-state index in [-0.39, 0.29) is 23.7 Å². The predicted octanol–water partition coefficient (Wildman–Crippen LogP) is 1.19. The molecule has 7 heteroatoms. The number of benzene rings is 1. The molecule has 2 N–H and O–H groups in total. The Bertz CT molecular complexity index is 667. The van der Waals surface area contributed by atoms with Crippen molar-refractivity contribution in [2.24, 2.45) is 7.05 Å². The second kappa shape index (κ2) is 5.52. The first-order chi connectivity index (χ1) is 9.47. The molecule has 2 rings (SSSR count). The Morgan fingerprint density at radius 2 is 2.15 bits per heavy atom. The Balaban J connectivity index is 2.05. The molecule has 0 radical (unpaired) electrons. The maximum atomic E-state index is 13.0. The zero-order chi connectivity index (χ0) is 14.7. The van der Waals surface area contributed by atoms with E-state index >= 15 is 0 Å². The molecule has 0 aliphatic carbocycles. The van der Waals surface area contributed by atoms with Crippen molar-refractivity contribution < 1.29 is 19.1 Å². The Morgan fingerprint density at radius 1 is 1.40 bits per heavy atom. The lowest BCUT2D eigenvalue weighted by Gasteiger charge is -2.03. The Kier molecular flexibility index (Phi) is 3.79. The van der Waals surface area contributed by atoms with E-state index in [1.807, 2.05) is 0 Å². The minimum absolute atomic E-state index is 0.00121. The van der Waals surface area contributed by atoms with Crippen molar-refractivity contribution in [2.75, 3.05) is 0 Å². The molecule has 1 aromatic heterocycles. The highest BCUT2D eigenvalue weighted by atomic mass is 19.1. The van der Waals surface area contributed by atoms with Crippen LogP contribution in [0.25, 0.3) is 0 Å². The summed E-state index contributed by atoms with van der Waals surface area (Å²) in [5, 5.41) is 15.2. The largest absolute Gasteiger partial charge is 0.477 e. The van der Waals surface area contributed by atoms with E-state index in [1.165, 1.54) is 25.2 Å². The molecule has 0 aliphatic heterocycles. The van der Waals surface area contributed by atoms with E-state index in [4.69, 9.17) is 5.11 Å². The van der Waals surface area contributed by atoms with Gasteiger partial charge in [-0.3, -0.25) is 9.48 Å². The molecule has 1 heterocycles. The van der Waals surface area contributed by atoms with Gasteiger partial charge in [-0.1, -0.05) is 12.1 Å². The molecule has 1 amide bonds. The van der Waals surface area contributed by atoms with E-state index in [2.05, 4.69) is 10.4 Å². The normalized spacial score (nSPS) is 10.3. The number of nitrogens with one attached hydrogen (secondary N) is 1. The average Bonchev–Trinajstić information content (AvgIpc) is 2.78. The van der Waals surface area contributed by atoms with Crippen LogP contribution in [0.4, 0.5) is 4.39 Å². The lowest BCUT2D eigenvalue weighted by molar-refractivity contribution is 0.0684. The number of nitrogens with zero attached hydrogens (tertiary/aromatic N) is 2. The monoisotopic (exact) mass is 277 g/mol. The molecule has 104 valence electrons. The summed E-state index contributed by atoms with van der Waals surface area (Å²) in [6, 6.07) is 7.01. The topological polar surface area (TPSA) is 84.2 Å². The minimum atomic E-state index is -1.16. The Labute approximate surface area is 113 Å². The van der Waals surface area contributed by atoms with Gasteiger partial charge in [-0.15, -0.1) is 0 Å². The number of aromatic carboxylic acids is 1. The Morgan fingerprint density at radius 3 is 2.75 bits per heavy atom. The molecular formula is C13H12FN3O3. The molecule has 0 aliphatic rings. The van der Waals surface area contributed by atoms with E-state index < -0.39 is 11.9 Å². The number of hydrogen-bond donors (Lipinski definition) is 2. The first-order valence-corrected chi connectivity index (χ1v) is 5.77. The number of carbonyl (C=O) groups excluding carboxylic acids is 1. The van der Waals surface area contributed by atoms with Crippen molar-refractivity contribution in [2.45, 2.75) is 6.54 Å². The van der Waals surface area contributed by atoms with Crippen LogP contribution in [0.3, 0.4) is 0 Å². The molecule has 2 aromatic rings. The summed E-state index contributed by atoms with van der Waals surface area (Å²) in [6.45, 7) is 0.134. The van der Waals surface area contributed by atoms with Gasteiger partial charge in [-0.2, -0.15) is 5.10 Å². The summed E-state index contributed by atoms with van der Waals surface area (Å²) >= 11 is 0. The molecular weight excluding hydrogens is 265 g/mol. The summed E-state index contributed by atoms with van der Waals surface area (Å²) in [7, 11) is 1.44. The van der Waals surface area contributed by atoms with Gasteiger partial charge < -0.3 is 10.4 Å².